The summed E-state index contributed by atoms with van der Waals surface area (Å²) in [6, 6.07) is 11.8. The lowest BCUT2D eigenvalue weighted by Gasteiger charge is -2.09. The van der Waals surface area contributed by atoms with Crippen LogP contribution in [0.1, 0.15) is 15.9 Å². The zero-order valence-electron chi connectivity index (χ0n) is 12.1. The number of carbonyl (C=O) groups excluding carboxylic acids is 1. The van der Waals surface area contributed by atoms with Gasteiger partial charge in [0.25, 0.3) is 5.69 Å². The monoisotopic (exact) mass is 343 g/mol. The van der Waals surface area contributed by atoms with Crippen LogP contribution < -0.4 is 15.8 Å². The summed E-state index contributed by atoms with van der Waals surface area (Å²) in [6.45, 7) is 0. The number of anilines is 1. The lowest BCUT2D eigenvalue weighted by atomic mass is 10.2. The number of nitro benzene ring substituents is 1. The maximum absolute atomic E-state index is 10.8. The molecule has 0 spiro atoms. The molecule has 122 valence electrons. The first-order chi connectivity index (χ1) is 11.5. The van der Waals surface area contributed by atoms with Gasteiger partial charge in [-0.3, -0.25) is 15.5 Å². The van der Waals surface area contributed by atoms with Gasteiger partial charge in [0, 0.05) is 17.8 Å². The average Bonchev–Trinajstić information content (AvgIpc) is 2.55. The fourth-order valence-corrected chi connectivity index (χ4v) is 1.90. The van der Waals surface area contributed by atoms with Gasteiger partial charge in [0.1, 0.15) is 0 Å². The number of nitro groups is 1. The van der Waals surface area contributed by atoms with Crippen molar-refractivity contribution >= 4 is 40.9 Å². The number of aromatic carboxylic acids is 1. The van der Waals surface area contributed by atoms with Crippen molar-refractivity contribution in [3.8, 4) is 0 Å². The Morgan fingerprint density at radius 1 is 1.21 bits per heavy atom. The maximum atomic E-state index is 10.8. The van der Waals surface area contributed by atoms with E-state index in [2.05, 4.69) is 15.8 Å². The molecule has 0 aromatic heterocycles. The topological polar surface area (TPSA) is 120 Å². The lowest BCUT2D eigenvalue weighted by molar-refractivity contribution is -0.384. The Hall–Kier alpha value is -3.33. The highest BCUT2D eigenvalue weighted by Crippen LogP contribution is 2.11. The third kappa shape index (κ3) is 4.85. The molecule has 9 heteroatoms. The van der Waals surface area contributed by atoms with Crippen LogP contribution in [0.15, 0.2) is 53.6 Å². The van der Waals surface area contributed by atoms with Crippen LogP contribution in [0, 0.1) is 10.1 Å². The molecule has 0 saturated heterocycles. The second-order valence-corrected chi connectivity index (χ2v) is 4.95. The number of benzene rings is 2. The first kappa shape index (κ1) is 17.0. The van der Waals surface area contributed by atoms with E-state index < -0.39 is 10.9 Å². The maximum Gasteiger partial charge on any atom is 0.269 e. The van der Waals surface area contributed by atoms with Gasteiger partial charge in [-0.1, -0.05) is 12.1 Å². The molecule has 0 aliphatic carbocycles. The minimum atomic E-state index is -1.28. The SMILES string of the molecule is O=C([O-])c1cccc(NC(=S)NN=Cc2ccc([N+](=O)[O-])cc2)c1. The molecular formula is C15H11N4O4S-. The number of rotatable bonds is 5. The summed E-state index contributed by atoms with van der Waals surface area (Å²) in [4.78, 5) is 20.8. The van der Waals surface area contributed by atoms with E-state index in [1.165, 1.54) is 30.5 Å². The van der Waals surface area contributed by atoms with Gasteiger partial charge >= 0.3 is 0 Å². The van der Waals surface area contributed by atoms with Crippen LogP contribution in [0.25, 0.3) is 0 Å². The van der Waals surface area contributed by atoms with E-state index in [1.54, 1.807) is 24.3 Å². The van der Waals surface area contributed by atoms with Gasteiger partial charge in [-0.05, 0) is 47.6 Å². The molecule has 0 heterocycles. The molecule has 0 bridgehead atoms. The Morgan fingerprint density at radius 3 is 2.54 bits per heavy atom. The predicted octanol–water partition coefficient (Wildman–Crippen LogP) is 1.28. The van der Waals surface area contributed by atoms with Gasteiger partial charge in [0.15, 0.2) is 5.11 Å². The molecule has 0 saturated carbocycles. The first-order valence-electron chi connectivity index (χ1n) is 6.61. The lowest BCUT2D eigenvalue weighted by Crippen LogP contribution is -2.25. The number of thiocarbonyl (C=S) groups is 1. The molecule has 24 heavy (non-hydrogen) atoms. The largest absolute Gasteiger partial charge is 0.545 e. The summed E-state index contributed by atoms with van der Waals surface area (Å²) >= 11 is 5.03. The number of carboxylic acids is 1. The van der Waals surface area contributed by atoms with Gasteiger partial charge in [-0.2, -0.15) is 5.10 Å². The predicted molar refractivity (Wildman–Crippen MR) is 90.8 cm³/mol. The molecule has 2 aromatic rings. The minimum Gasteiger partial charge on any atom is -0.545 e. The summed E-state index contributed by atoms with van der Waals surface area (Å²) in [6.07, 6.45) is 1.44. The van der Waals surface area contributed by atoms with E-state index >= 15 is 0 Å². The Morgan fingerprint density at radius 2 is 1.92 bits per heavy atom. The smallest absolute Gasteiger partial charge is 0.269 e. The summed E-state index contributed by atoms with van der Waals surface area (Å²) < 4.78 is 0. The third-order valence-corrected chi connectivity index (χ3v) is 3.03. The third-order valence-electron chi connectivity index (χ3n) is 2.84. The molecule has 2 N–H and O–H groups in total. The van der Waals surface area contributed by atoms with Crippen LogP contribution in [0.3, 0.4) is 0 Å². The molecule has 0 amide bonds. The number of hydrogen-bond donors (Lipinski definition) is 2. The fraction of sp³-hybridized carbons (Fsp3) is 0. The van der Waals surface area contributed by atoms with Crippen LogP contribution in [-0.2, 0) is 0 Å². The molecule has 2 rings (SSSR count). The Bertz CT molecular complexity index is 805. The average molecular weight is 343 g/mol. The van der Waals surface area contributed by atoms with Crippen molar-refractivity contribution in [2.45, 2.75) is 0 Å². The van der Waals surface area contributed by atoms with E-state index in [9.17, 15) is 20.0 Å². The number of nitrogens with zero attached hydrogens (tertiary/aromatic N) is 2. The van der Waals surface area contributed by atoms with Crippen molar-refractivity contribution in [3.05, 3.63) is 69.8 Å². The van der Waals surface area contributed by atoms with E-state index in [1.807, 2.05) is 0 Å². The van der Waals surface area contributed by atoms with Gasteiger partial charge in [0.2, 0.25) is 0 Å². The van der Waals surface area contributed by atoms with Crippen LogP contribution in [0.5, 0.6) is 0 Å². The van der Waals surface area contributed by atoms with E-state index in [0.29, 0.717) is 11.3 Å². The fourth-order valence-electron chi connectivity index (χ4n) is 1.73. The molecule has 0 aliphatic rings. The summed E-state index contributed by atoms with van der Waals surface area (Å²) in [7, 11) is 0. The summed E-state index contributed by atoms with van der Waals surface area (Å²) in [5.41, 5.74) is 3.69. The first-order valence-corrected chi connectivity index (χ1v) is 7.02. The van der Waals surface area contributed by atoms with Crippen LogP contribution in [0.4, 0.5) is 11.4 Å². The second-order valence-electron chi connectivity index (χ2n) is 4.54. The van der Waals surface area contributed by atoms with Crippen molar-refractivity contribution in [3.63, 3.8) is 0 Å². The molecule has 8 nitrogen and oxygen atoms in total. The molecular weight excluding hydrogens is 332 g/mol. The number of carboxylic acid groups (broad SMARTS) is 1. The summed E-state index contributed by atoms with van der Waals surface area (Å²) in [5, 5.41) is 28.2. The van der Waals surface area contributed by atoms with Crippen LogP contribution in [-0.4, -0.2) is 22.2 Å². The molecule has 2 aromatic carbocycles. The number of hydrazone groups is 1. The Labute approximate surface area is 142 Å². The van der Waals surface area contributed by atoms with Gasteiger partial charge < -0.3 is 15.2 Å². The van der Waals surface area contributed by atoms with Gasteiger partial charge in [-0.25, -0.2) is 0 Å². The van der Waals surface area contributed by atoms with E-state index in [-0.39, 0.29) is 16.4 Å². The molecule has 0 aliphatic heterocycles. The standard InChI is InChI=1S/C15H12N4O4S/c20-14(21)11-2-1-3-12(8-11)17-15(24)18-16-9-10-4-6-13(7-5-10)19(22)23/h1-9H,(H,20,21)(H2,17,18,24)/p-1. The molecule has 0 atom stereocenters. The number of non-ortho nitro benzene ring substituents is 1. The van der Waals surface area contributed by atoms with E-state index in [0.717, 1.165) is 0 Å². The Balaban J connectivity index is 1.92. The zero-order valence-corrected chi connectivity index (χ0v) is 12.9. The second kappa shape index (κ2) is 7.79. The van der Waals surface area contributed by atoms with Crippen LogP contribution in [0.2, 0.25) is 0 Å². The normalized spacial score (nSPS) is 10.3. The highest BCUT2D eigenvalue weighted by molar-refractivity contribution is 7.80. The Kier molecular flexibility index (Phi) is 5.53. The number of carbonyl (C=O) groups is 1. The minimum absolute atomic E-state index is 0.00917. The highest BCUT2D eigenvalue weighted by atomic mass is 32.1. The highest BCUT2D eigenvalue weighted by Gasteiger charge is 2.02. The van der Waals surface area contributed by atoms with Gasteiger partial charge in [0.05, 0.1) is 17.1 Å². The van der Waals surface area contributed by atoms with Crippen LogP contribution >= 0.6 is 12.2 Å². The van der Waals surface area contributed by atoms with Crippen molar-refractivity contribution in [1.29, 1.82) is 0 Å². The van der Waals surface area contributed by atoms with Crippen molar-refractivity contribution in [2.75, 3.05) is 5.32 Å². The number of hydrogen-bond acceptors (Lipinski definition) is 6. The molecule has 0 fully saturated rings. The zero-order chi connectivity index (χ0) is 17.5. The van der Waals surface area contributed by atoms with Crippen molar-refractivity contribution < 1.29 is 14.8 Å². The van der Waals surface area contributed by atoms with E-state index in [4.69, 9.17) is 12.2 Å². The van der Waals surface area contributed by atoms with Gasteiger partial charge in [-0.15, -0.1) is 0 Å². The molecule has 0 radical (unpaired) electrons. The molecule has 0 unspecified atom stereocenters. The summed E-state index contributed by atoms with van der Waals surface area (Å²) in [5.74, 6) is -1.28. The van der Waals surface area contributed by atoms with Crippen molar-refractivity contribution in [1.82, 2.24) is 5.43 Å². The van der Waals surface area contributed by atoms with Crippen molar-refractivity contribution in [2.24, 2.45) is 5.10 Å². The quantitative estimate of drug-likeness (QED) is 0.363. The number of nitrogens with one attached hydrogen (secondary N) is 2.